The van der Waals surface area contributed by atoms with Crippen LogP contribution in [-0.2, 0) is 4.79 Å². The van der Waals surface area contributed by atoms with Crippen LogP contribution in [0.15, 0.2) is 0 Å². The molecule has 0 bridgehead atoms. The van der Waals surface area contributed by atoms with Gasteiger partial charge in [-0.1, -0.05) is 6.92 Å². The Labute approximate surface area is 125 Å². The van der Waals surface area contributed by atoms with Crippen molar-refractivity contribution >= 4 is 29.0 Å². The number of carbonyl (C=O) groups excluding carboxylic acids is 1. The number of nitrogens with one attached hydrogen (secondary N) is 1. The number of ketones is 1. The zero-order valence-corrected chi connectivity index (χ0v) is 13.1. The molecule has 0 aromatic rings. The molecular weight excluding hydrogens is 283 g/mol. The van der Waals surface area contributed by atoms with Gasteiger partial charge < -0.3 is 4.90 Å². The fraction of sp³-hybridized carbons (Fsp3) is 0.929. The monoisotopic (exact) mass is 307 g/mol. The second kappa shape index (κ2) is 6.75. The number of Topliss-reactive ketones (excluding diaryl/α,β-unsaturated/α-hetero) is 1. The zero-order chi connectivity index (χ0) is 14.0. The number of hydrogen-bond donors (Lipinski definition) is 2. The van der Waals surface area contributed by atoms with Crippen LogP contribution in [0.4, 0.5) is 0 Å². The number of alkyl halides is 2. The molecule has 0 amide bonds. The number of likely N-dealkylation sites (tertiary alicyclic amines) is 1. The average Bonchev–Trinajstić information content (AvgIpc) is 2.37. The molecule has 3 nitrogen and oxygen atoms in total. The molecule has 1 saturated carbocycles. The summed E-state index contributed by atoms with van der Waals surface area (Å²) in [6.45, 7) is 3.82. The third-order valence-corrected chi connectivity index (χ3v) is 5.79. The quantitative estimate of drug-likeness (QED) is 0.769. The molecule has 19 heavy (non-hydrogen) atoms. The molecule has 1 heterocycles. The van der Waals surface area contributed by atoms with Crippen LogP contribution in [0.1, 0.15) is 39.0 Å². The van der Waals surface area contributed by atoms with Crippen molar-refractivity contribution in [2.75, 3.05) is 13.1 Å². The first-order valence-electron chi connectivity index (χ1n) is 7.38. The Hall–Kier alpha value is 0.170. The second-order valence-corrected chi connectivity index (χ2v) is 7.46. The van der Waals surface area contributed by atoms with Crippen molar-refractivity contribution in [2.24, 2.45) is 17.6 Å². The van der Waals surface area contributed by atoms with Crippen molar-refractivity contribution in [3.63, 3.8) is 0 Å². The Morgan fingerprint density at radius 1 is 1.21 bits per heavy atom. The highest BCUT2D eigenvalue weighted by atomic mass is 35.5. The lowest BCUT2D eigenvalue weighted by Gasteiger charge is -2.34. The average molecular weight is 308 g/mol. The normalized spacial score (nSPS) is 44.0. The smallest absolute Gasteiger partial charge is 0.189 e. The number of quaternary nitrogens is 1. The fourth-order valence-corrected chi connectivity index (χ4v) is 3.88. The van der Waals surface area contributed by atoms with Crippen LogP contribution in [-0.4, -0.2) is 35.8 Å². The van der Waals surface area contributed by atoms with E-state index in [1.165, 1.54) is 11.3 Å². The number of rotatable bonds is 3. The molecule has 1 saturated heterocycles. The van der Waals surface area contributed by atoms with Crippen LogP contribution in [0, 0.1) is 11.8 Å². The van der Waals surface area contributed by atoms with Gasteiger partial charge in [0.05, 0.1) is 11.9 Å². The predicted molar refractivity (Wildman–Crippen MR) is 78.7 cm³/mol. The first-order chi connectivity index (χ1) is 8.97. The lowest BCUT2D eigenvalue weighted by Crippen LogP contribution is -3.19. The van der Waals surface area contributed by atoms with E-state index >= 15 is 0 Å². The first-order valence-corrected chi connectivity index (χ1v) is 8.25. The van der Waals surface area contributed by atoms with Gasteiger partial charge in [-0.05, 0) is 25.7 Å². The Morgan fingerprint density at radius 3 is 2.63 bits per heavy atom. The van der Waals surface area contributed by atoms with Gasteiger partial charge in [-0.25, -0.2) is 0 Å². The summed E-state index contributed by atoms with van der Waals surface area (Å²) in [6.07, 6.45) is 4.79. The number of halogens is 2. The van der Waals surface area contributed by atoms with Crippen molar-refractivity contribution in [3.8, 4) is 0 Å². The van der Waals surface area contributed by atoms with Crippen molar-refractivity contribution < 1.29 is 9.69 Å². The largest absolute Gasteiger partial charge is 0.314 e. The highest BCUT2D eigenvalue weighted by Gasteiger charge is 2.35. The molecule has 2 fully saturated rings. The molecule has 2 aliphatic rings. The summed E-state index contributed by atoms with van der Waals surface area (Å²) in [5.41, 5.74) is 6.13. The third-order valence-electron chi connectivity index (χ3n) is 4.66. The summed E-state index contributed by atoms with van der Waals surface area (Å²) in [5.74, 6) is 1.09. The Bertz CT molecular complexity index is 327. The summed E-state index contributed by atoms with van der Waals surface area (Å²) < 4.78 is 0. The van der Waals surface area contributed by atoms with Gasteiger partial charge in [0.2, 0.25) is 0 Å². The number of carbonyl (C=O) groups is 1. The van der Waals surface area contributed by atoms with E-state index in [0.717, 1.165) is 32.2 Å². The van der Waals surface area contributed by atoms with Crippen molar-refractivity contribution in [3.05, 3.63) is 0 Å². The van der Waals surface area contributed by atoms with Crippen molar-refractivity contribution in [1.29, 1.82) is 0 Å². The van der Waals surface area contributed by atoms with Gasteiger partial charge in [-0.3, -0.25) is 10.5 Å². The number of nitrogens with two attached hydrogens (primary N) is 1. The van der Waals surface area contributed by atoms with E-state index in [-0.39, 0.29) is 22.8 Å². The lowest BCUT2D eigenvalue weighted by molar-refractivity contribution is -0.926. The maximum absolute atomic E-state index is 12.4. The van der Waals surface area contributed by atoms with Crippen LogP contribution in [0.5, 0.6) is 0 Å². The SMILES string of the molecule is CC1CCC(N)[NH+](CC(=O)C2CCC(Cl)C(Cl)C2)C1. The van der Waals surface area contributed by atoms with E-state index in [4.69, 9.17) is 28.9 Å². The van der Waals surface area contributed by atoms with Crippen molar-refractivity contribution in [2.45, 2.75) is 55.9 Å². The molecule has 0 spiro atoms. The number of hydrogen-bond acceptors (Lipinski definition) is 2. The standard InChI is InChI=1S/C14H24Cl2N2O/c1-9-2-5-14(17)18(7-9)8-13(19)10-3-4-11(15)12(16)6-10/h9-12,14H,2-8,17H2,1H3/p+1. The van der Waals surface area contributed by atoms with E-state index in [0.29, 0.717) is 18.2 Å². The van der Waals surface area contributed by atoms with E-state index < -0.39 is 0 Å². The Kier molecular flexibility index (Phi) is 5.53. The third kappa shape index (κ3) is 4.07. The van der Waals surface area contributed by atoms with Crippen molar-refractivity contribution in [1.82, 2.24) is 0 Å². The minimum absolute atomic E-state index is 0.0235. The Balaban J connectivity index is 1.86. The maximum Gasteiger partial charge on any atom is 0.189 e. The molecule has 1 aliphatic carbocycles. The minimum atomic E-state index is -0.0617. The van der Waals surface area contributed by atoms with E-state index in [1.807, 2.05) is 0 Å². The molecule has 6 atom stereocenters. The summed E-state index contributed by atoms with van der Waals surface area (Å²) >= 11 is 12.3. The lowest BCUT2D eigenvalue weighted by atomic mass is 9.85. The molecule has 0 radical (unpaired) electrons. The van der Waals surface area contributed by atoms with Crippen LogP contribution in [0.3, 0.4) is 0 Å². The van der Waals surface area contributed by atoms with Crippen LogP contribution < -0.4 is 10.6 Å². The van der Waals surface area contributed by atoms with Crippen LogP contribution in [0.25, 0.3) is 0 Å². The first kappa shape index (κ1) is 15.6. The van der Waals surface area contributed by atoms with Crippen LogP contribution >= 0.6 is 23.2 Å². The van der Waals surface area contributed by atoms with Gasteiger partial charge in [0.25, 0.3) is 0 Å². The fourth-order valence-electron chi connectivity index (χ4n) is 3.31. The van der Waals surface area contributed by atoms with E-state index in [1.54, 1.807) is 0 Å². The van der Waals surface area contributed by atoms with Gasteiger partial charge in [0, 0.05) is 23.6 Å². The molecule has 1 aliphatic heterocycles. The molecule has 6 unspecified atom stereocenters. The van der Waals surface area contributed by atoms with E-state index in [2.05, 4.69) is 6.92 Å². The molecular formula is C14H25Cl2N2O+. The summed E-state index contributed by atoms with van der Waals surface area (Å²) in [6, 6.07) is 0. The summed E-state index contributed by atoms with van der Waals surface area (Å²) in [4.78, 5) is 13.6. The molecule has 0 aromatic carbocycles. The molecule has 3 N–H and O–H groups in total. The number of piperidine rings is 1. The Morgan fingerprint density at radius 2 is 1.95 bits per heavy atom. The van der Waals surface area contributed by atoms with Gasteiger partial charge in [0.15, 0.2) is 5.78 Å². The molecule has 0 aromatic heterocycles. The summed E-state index contributed by atoms with van der Waals surface area (Å²) in [5, 5.41) is -0.0383. The molecule has 2 rings (SSSR count). The van der Waals surface area contributed by atoms with Crippen LogP contribution in [0.2, 0.25) is 0 Å². The van der Waals surface area contributed by atoms with E-state index in [9.17, 15) is 4.79 Å². The highest BCUT2D eigenvalue weighted by Crippen LogP contribution is 2.31. The predicted octanol–water partition coefficient (Wildman–Crippen LogP) is 1.17. The van der Waals surface area contributed by atoms with Gasteiger partial charge >= 0.3 is 0 Å². The second-order valence-electron chi connectivity index (χ2n) is 6.34. The minimum Gasteiger partial charge on any atom is -0.314 e. The maximum atomic E-state index is 12.4. The topological polar surface area (TPSA) is 47.5 Å². The highest BCUT2D eigenvalue weighted by molar-refractivity contribution is 6.30. The van der Waals surface area contributed by atoms with Gasteiger partial charge in [-0.15, -0.1) is 23.2 Å². The summed E-state index contributed by atoms with van der Waals surface area (Å²) in [7, 11) is 0. The molecule has 5 heteroatoms. The molecule has 110 valence electrons. The van der Waals surface area contributed by atoms with Gasteiger partial charge in [0.1, 0.15) is 12.7 Å². The van der Waals surface area contributed by atoms with Gasteiger partial charge in [-0.2, -0.15) is 0 Å². The zero-order valence-electron chi connectivity index (χ0n) is 11.6.